The van der Waals surface area contributed by atoms with E-state index in [4.69, 9.17) is 0 Å². The standard InChI is InChI=1S/C17H16N4O2/c22-16(15-11-5-2-6-12-15)19-21-17(23)20-18-13-7-10-14-8-3-1-4-9-14/h1-13H,(H,19,22)(H2,20,21,23)/b10-7+,18-13-. The van der Waals surface area contributed by atoms with Gasteiger partial charge >= 0.3 is 6.03 Å². The molecule has 2 aromatic rings. The average molecular weight is 308 g/mol. The molecular weight excluding hydrogens is 292 g/mol. The van der Waals surface area contributed by atoms with Crippen molar-refractivity contribution >= 4 is 24.2 Å². The third kappa shape index (κ3) is 5.84. The number of urea groups is 1. The van der Waals surface area contributed by atoms with Gasteiger partial charge in [-0.3, -0.25) is 10.2 Å². The lowest BCUT2D eigenvalue weighted by Crippen LogP contribution is -2.45. The fraction of sp³-hybridized carbons (Fsp3) is 0. The molecule has 2 rings (SSSR count). The lowest BCUT2D eigenvalue weighted by molar-refractivity contribution is 0.0936. The molecule has 2 aromatic carbocycles. The van der Waals surface area contributed by atoms with E-state index in [-0.39, 0.29) is 0 Å². The van der Waals surface area contributed by atoms with Gasteiger partial charge in [-0.25, -0.2) is 15.6 Å². The SMILES string of the molecule is O=C(N/N=C\C=C\c1ccccc1)NNC(=O)c1ccccc1. The van der Waals surface area contributed by atoms with Crippen LogP contribution in [0.2, 0.25) is 0 Å². The second-order valence-electron chi connectivity index (χ2n) is 4.43. The summed E-state index contributed by atoms with van der Waals surface area (Å²) in [5.74, 6) is -0.409. The molecule has 0 saturated heterocycles. The molecule has 0 spiro atoms. The van der Waals surface area contributed by atoms with Crippen molar-refractivity contribution < 1.29 is 9.59 Å². The Balaban J connectivity index is 1.70. The summed E-state index contributed by atoms with van der Waals surface area (Å²) in [4.78, 5) is 23.1. The topological polar surface area (TPSA) is 82.6 Å². The minimum atomic E-state index is -0.640. The lowest BCUT2D eigenvalue weighted by Gasteiger charge is -2.05. The van der Waals surface area contributed by atoms with Crippen LogP contribution in [0.5, 0.6) is 0 Å². The molecule has 0 fully saturated rings. The summed E-state index contributed by atoms with van der Waals surface area (Å²) in [5, 5.41) is 3.71. The average Bonchev–Trinajstić information content (AvgIpc) is 2.61. The van der Waals surface area contributed by atoms with Crippen LogP contribution in [0.1, 0.15) is 15.9 Å². The Morgan fingerprint density at radius 2 is 1.52 bits per heavy atom. The van der Waals surface area contributed by atoms with Crippen LogP contribution in [0.3, 0.4) is 0 Å². The van der Waals surface area contributed by atoms with Gasteiger partial charge in [0, 0.05) is 11.8 Å². The van der Waals surface area contributed by atoms with E-state index in [9.17, 15) is 9.59 Å². The van der Waals surface area contributed by atoms with Gasteiger partial charge < -0.3 is 0 Å². The van der Waals surface area contributed by atoms with Gasteiger partial charge in [-0.05, 0) is 23.8 Å². The number of carbonyl (C=O) groups excluding carboxylic acids is 2. The molecule has 0 aromatic heterocycles. The number of allylic oxidation sites excluding steroid dienone is 1. The smallest absolute Gasteiger partial charge is 0.267 e. The van der Waals surface area contributed by atoms with Crippen molar-refractivity contribution in [2.24, 2.45) is 5.10 Å². The minimum Gasteiger partial charge on any atom is -0.267 e. The van der Waals surface area contributed by atoms with E-state index in [2.05, 4.69) is 21.4 Å². The Hall–Kier alpha value is -3.41. The van der Waals surface area contributed by atoms with Gasteiger partial charge in [-0.15, -0.1) is 0 Å². The normalized spacial score (nSPS) is 10.6. The molecule has 116 valence electrons. The largest absolute Gasteiger partial charge is 0.353 e. The predicted molar refractivity (Wildman–Crippen MR) is 89.5 cm³/mol. The van der Waals surface area contributed by atoms with E-state index in [1.54, 1.807) is 36.4 Å². The molecule has 0 radical (unpaired) electrons. The summed E-state index contributed by atoms with van der Waals surface area (Å²) in [6.45, 7) is 0. The van der Waals surface area contributed by atoms with Crippen molar-refractivity contribution in [1.29, 1.82) is 0 Å². The first-order valence-corrected chi connectivity index (χ1v) is 6.92. The van der Waals surface area contributed by atoms with Crippen LogP contribution in [-0.2, 0) is 0 Å². The summed E-state index contributed by atoms with van der Waals surface area (Å²) in [6.07, 6.45) is 4.98. The highest BCUT2D eigenvalue weighted by atomic mass is 16.2. The van der Waals surface area contributed by atoms with Gasteiger partial charge in [0.2, 0.25) is 0 Å². The molecular formula is C17H16N4O2. The highest BCUT2D eigenvalue weighted by Crippen LogP contribution is 1.99. The van der Waals surface area contributed by atoms with Crippen molar-refractivity contribution in [1.82, 2.24) is 16.3 Å². The highest BCUT2D eigenvalue weighted by Gasteiger charge is 2.04. The maximum Gasteiger partial charge on any atom is 0.353 e. The van der Waals surface area contributed by atoms with Crippen LogP contribution < -0.4 is 16.3 Å². The van der Waals surface area contributed by atoms with Gasteiger partial charge in [0.15, 0.2) is 0 Å². The van der Waals surface area contributed by atoms with Crippen LogP contribution in [0, 0.1) is 0 Å². The van der Waals surface area contributed by atoms with Crippen LogP contribution in [0.4, 0.5) is 4.79 Å². The summed E-state index contributed by atoms with van der Waals surface area (Å²) in [7, 11) is 0. The zero-order valence-corrected chi connectivity index (χ0v) is 12.3. The van der Waals surface area contributed by atoms with Crippen LogP contribution in [0.15, 0.2) is 71.8 Å². The van der Waals surface area contributed by atoms with Gasteiger partial charge in [0.05, 0.1) is 0 Å². The second kappa shape index (κ2) is 8.78. The predicted octanol–water partition coefficient (Wildman–Crippen LogP) is 2.33. The molecule has 0 saturated carbocycles. The van der Waals surface area contributed by atoms with E-state index in [0.717, 1.165) is 5.56 Å². The van der Waals surface area contributed by atoms with E-state index in [0.29, 0.717) is 5.56 Å². The Morgan fingerprint density at radius 3 is 2.22 bits per heavy atom. The number of benzene rings is 2. The Labute approximate surface area is 133 Å². The number of amides is 3. The molecule has 0 aliphatic rings. The summed E-state index contributed by atoms with van der Waals surface area (Å²) in [6, 6.07) is 17.6. The molecule has 0 bridgehead atoms. The molecule has 6 nitrogen and oxygen atoms in total. The monoisotopic (exact) mass is 308 g/mol. The third-order valence-electron chi connectivity index (χ3n) is 2.74. The molecule has 3 amide bonds. The number of hydrazine groups is 1. The Morgan fingerprint density at radius 1 is 0.870 bits per heavy atom. The quantitative estimate of drug-likeness (QED) is 0.598. The fourth-order valence-electron chi connectivity index (χ4n) is 1.66. The third-order valence-corrected chi connectivity index (χ3v) is 2.74. The number of hydrogen-bond donors (Lipinski definition) is 3. The zero-order valence-electron chi connectivity index (χ0n) is 12.3. The highest BCUT2D eigenvalue weighted by molar-refractivity contribution is 5.95. The molecule has 0 unspecified atom stereocenters. The molecule has 0 heterocycles. The van der Waals surface area contributed by atoms with E-state index in [1.165, 1.54) is 6.21 Å². The molecule has 23 heavy (non-hydrogen) atoms. The summed E-state index contributed by atoms with van der Waals surface area (Å²) in [5.41, 5.74) is 8.18. The number of nitrogens with one attached hydrogen (secondary N) is 3. The van der Waals surface area contributed by atoms with Crippen molar-refractivity contribution in [2.75, 3.05) is 0 Å². The van der Waals surface area contributed by atoms with E-state index < -0.39 is 11.9 Å². The van der Waals surface area contributed by atoms with Crippen molar-refractivity contribution in [2.45, 2.75) is 0 Å². The first kappa shape index (κ1) is 16.0. The lowest BCUT2D eigenvalue weighted by atomic mass is 10.2. The van der Waals surface area contributed by atoms with Gasteiger partial charge in [-0.1, -0.05) is 54.6 Å². The second-order valence-corrected chi connectivity index (χ2v) is 4.43. The molecule has 0 aliphatic heterocycles. The number of hydrazone groups is 1. The molecule has 6 heteroatoms. The Kier molecular flexibility index (Phi) is 6.10. The first-order chi connectivity index (χ1) is 11.3. The number of nitrogens with zero attached hydrogens (tertiary/aromatic N) is 1. The fourth-order valence-corrected chi connectivity index (χ4v) is 1.66. The first-order valence-electron chi connectivity index (χ1n) is 6.92. The maximum atomic E-state index is 11.7. The number of rotatable bonds is 4. The van der Waals surface area contributed by atoms with Crippen LogP contribution >= 0.6 is 0 Å². The summed E-state index contributed by atoms with van der Waals surface area (Å²) >= 11 is 0. The zero-order chi connectivity index (χ0) is 16.3. The van der Waals surface area contributed by atoms with Gasteiger partial charge in [0.25, 0.3) is 5.91 Å². The molecule has 0 atom stereocenters. The van der Waals surface area contributed by atoms with Gasteiger partial charge in [0.1, 0.15) is 0 Å². The maximum absolute atomic E-state index is 11.7. The molecule has 0 aliphatic carbocycles. The minimum absolute atomic E-state index is 0.409. The molecule has 3 N–H and O–H groups in total. The van der Waals surface area contributed by atoms with Crippen molar-refractivity contribution in [3.63, 3.8) is 0 Å². The number of hydrogen-bond acceptors (Lipinski definition) is 3. The van der Waals surface area contributed by atoms with Crippen LogP contribution in [0.25, 0.3) is 6.08 Å². The number of carbonyl (C=O) groups is 2. The Bertz CT molecular complexity index is 697. The van der Waals surface area contributed by atoms with E-state index >= 15 is 0 Å². The van der Waals surface area contributed by atoms with Crippen LogP contribution in [-0.4, -0.2) is 18.2 Å². The van der Waals surface area contributed by atoms with Gasteiger partial charge in [-0.2, -0.15) is 5.10 Å². The van der Waals surface area contributed by atoms with Crippen molar-refractivity contribution in [3.8, 4) is 0 Å². The van der Waals surface area contributed by atoms with E-state index in [1.807, 2.05) is 36.4 Å². The summed E-state index contributed by atoms with van der Waals surface area (Å²) < 4.78 is 0. The van der Waals surface area contributed by atoms with Crippen molar-refractivity contribution in [3.05, 3.63) is 77.9 Å².